The zero-order valence-corrected chi connectivity index (χ0v) is 19.6. The highest BCUT2D eigenvalue weighted by Crippen LogP contribution is 2.49. The second kappa shape index (κ2) is 9.02. The van der Waals surface area contributed by atoms with Crippen molar-refractivity contribution in [2.24, 2.45) is 23.5 Å². The van der Waals surface area contributed by atoms with Gasteiger partial charge in [-0.1, -0.05) is 6.42 Å². The molecule has 3 N–H and O–H groups in total. The van der Waals surface area contributed by atoms with Gasteiger partial charge in [0.05, 0.1) is 10.5 Å². The molecule has 0 aromatic heterocycles. The molecule has 3 aliphatic rings. The lowest BCUT2D eigenvalue weighted by Crippen LogP contribution is -2.45. The lowest BCUT2D eigenvalue weighted by atomic mass is 9.84. The third-order valence-corrected chi connectivity index (χ3v) is 9.29. The monoisotopic (exact) mass is 463 g/mol. The van der Waals surface area contributed by atoms with Crippen LogP contribution in [0.1, 0.15) is 62.7 Å². The Balaban J connectivity index is 1.44. The van der Waals surface area contributed by atoms with Crippen LogP contribution in [0.25, 0.3) is 0 Å². The summed E-state index contributed by atoms with van der Waals surface area (Å²) in [4.78, 5) is 24.8. The molecule has 0 radical (unpaired) electrons. The minimum Gasteiger partial charge on any atom is -0.480 e. The number of fused-ring (bicyclic) bond motifs is 2. The number of nitrogens with two attached hydrogens (primary N) is 1. The van der Waals surface area contributed by atoms with Crippen LogP contribution in [0.5, 0.6) is 5.75 Å². The molecule has 0 unspecified atom stereocenters. The van der Waals surface area contributed by atoms with Crippen LogP contribution in [0.2, 0.25) is 0 Å². The molecule has 2 aliphatic carbocycles. The molecular formula is C23H33N3O5S. The highest BCUT2D eigenvalue weighted by molar-refractivity contribution is 7.89. The van der Waals surface area contributed by atoms with Crippen LogP contribution in [-0.2, 0) is 14.8 Å². The Labute approximate surface area is 189 Å². The molecule has 32 heavy (non-hydrogen) atoms. The molecular weight excluding hydrogens is 430 g/mol. The highest BCUT2D eigenvalue weighted by atomic mass is 32.2. The predicted octanol–water partition coefficient (Wildman–Crippen LogP) is 2.28. The van der Waals surface area contributed by atoms with Crippen molar-refractivity contribution in [2.75, 3.05) is 13.1 Å². The third-order valence-electron chi connectivity index (χ3n) is 7.40. The number of nitrogens with zero attached hydrogens (tertiary/aromatic N) is 1. The first-order valence-corrected chi connectivity index (χ1v) is 13.0. The SMILES string of the molecule is C[C@H](Oc1ccc(S(=O)(=O)N2CCCC2)cc1C(N)=O)C(=O)N[C@@H](C)[C@@H]1C[C@@H]2CC[C@@H]1C2. The fraction of sp³-hybridized carbons (Fsp3) is 0.652. The fourth-order valence-corrected chi connectivity index (χ4v) is 7.19. The summed E-state index contributed by atoms with van der Waals surface area (Å²) in [6.07, 6.45) is 5.77. The molecule has 2 saturated carbocycles. The van der Waals surface area contributed by atoms with Crippen molar-refractivity contribution >= 4 is 21.8 Å². The number of amides is 2. The molecule has 1 aromatic rings. The molecule has 1 aliphatic heterocycles. The Kier molecular flexibility index (Phi) is 6.49. The predicted molar refractivity (Wildman–Crippen MR) is 120 cm³/mol. The van der Waals surface area contributed by atoms with Crippen molar-refractivity contribution in [3.8, 4) is 5.75 Å². The van der Waals surface area contributed by atoms with E-state index in [1.54, 1.807) is 6.92 Å². The quantitative estimate of drug-likeness (QED) is 0.613. The second-order valence-corrected chi connectivity index (χ2v) is 11.5. The van der Waals surface area contributed by atoms with Crippen molar-refractivity contribution in [2.45, 2.75) is 69.4 Å². The Morgan fingerprint density at radius 1 is 1.16 bits per heavy atom. The van der Waals surface area contributed by atoms with E-state index in [2.05, 4.69) is 5.32 Å². The van der Waals surface area contributed by atoms with E-state index in [-0.39, 0.29) is 28.2 Å². The number of hydrogen-bond donors (Lipinski definition) is 2. The van der Waals surface area contributed by atoms with Gasteiger partial charge in [0, 0.05) is 19.1 Å². The standard InChI is InChI=1S/C23H33N3O5S/c1-14(19-12-16-5-6-17(19)11-16)25-23(28)15(2)31-21-8-7-18(13-20(21)22(24)27)32(29,30)26-9-3-4-10-26/h7-8,13-17,19H,3-6,9-12H2,1-2H3,(H2,24,27)(H,25,28)/t14-,15-,16+,17+,19-/m0/s1. The number of ether oxygens (including phenoxy) is 1. The van der Waals surface area contributed by atoms with Crippen LogP contribution in [0.4, 0.5) is 0 Å². The van der Waals surface area contributed by atoms with Crippen LogP contribution in [0, 0.1) is 17.8 Å². The second-order valence-electron chi connectivity index (χ2n) is 9.53. The topological polar surface area (TPSA) is 119 Å². The Bertz CT molecular complexity index is 989. The molecule has 1 saturated heterocycles. The van der Waals surface area contributed by atoms with Crippen LogP contribution >= 0.6 is 0 Å². The van der Waals surface area contributed by atoms with Gasteiger partial charge in [-0.2, -0.15) is 4.31 Å². The van der Waals surface area contributed by atoms with E-state index in [4.69, 9.17) is 10.5 Å². The first-order valence-electron chi connectivity index (χ1n) is 11.6. The number of hydrogen-bond acceptors (Lipinski definition) is 5. The summed E-state index contributed by atoms with van der Waals surface area (Å²) < 4.78 is 32.8. The summed E-state index contributed by atoms with van der Waals surface area (Å²) >= 11 is 0. The van der Waals surface area contributed by atoms with Crippen LogP contribution in [0.3, 0.4) is 0 Å². The van der Waals surface area contributed by atoms with Gasteiger partial charge in [-0.3, -0.25) is 9.59 Å². The Hall–Kier alpha value is -2.13. The average Bonchev–Trinajstić information content (AvgIpc) is 3.51. The Morgan fingerprint density at radius 2 is 1.88 bits per heavy atom. The smallest absolute Gasteiger partial charge is 0.260 e. The van der Waals surface area contributed by atoms with Gasteiger partial charge in [-0.15, -0.1) is 0 Å². The van der Waals surface area contributed by atoms with Gasteiger partial charge in [-0.25, -0.2) is 8.42 Å². The maximum absolute atomic E-state index is 12.8. The van der Waals surface area contributed by atoms with E-state index >= 15 is 0 Å². The first kappa shape index (κ1) is 23.0. The van der Waals surface area contributed by atoms with Gasteiger partial charge in [-0.05, 0) is 81.9 Å². The minimum absolute atomic E-state index is 0.00237. The number of benzene rings is 1. The summed E-state index contributed by atoms with van der Waals surface area (Å²) in [6, 6.07) is 4.12. The van der Waals surface area contributed by atoms with Gasteiger partial charge in [0.2, 0.25) is 10.0 Å². The van der Waals surface area contributed by atoms with Crippen molar-refractivity contribution in [3.05, 3.63) is 23.8 Å². The summed E-state index contributed by atoms with van der Waals surface area (Å²) in [5, 5.41) is 3.07. The molecule has 0 spiro atoms. The number of carbonyl (C=O) groups excluding carboxylic acids is 2. The maximum Gasteiger partial charge on any atom is 0.260 e. The van der Waals surface area contributed by atoms with Gasteiger partial charge >= 0.3 is 0 Å². The van der Waals surface area contributed by atoms with Crippen molar-refractivity contribution in [3.63, 3.8) is 0 Å². The molecule has 1 aromatic carbocycles. The van der Waals surface area contributed by atoms with E-state index in [9.17, 15) is 18.0 Å². The van der Waals surface area contributed by atoms with E-state index in [1.807, 2.05) is 6.92 Å². The van der Waals surface area contributed by atoms with Gasteiger partial charge in [0.1, 0.15) is 5.75 Å². The summed E-state index contributed by atoms with van der Waals surface area (Å²) in [5.41, 5.74) is 5.45. The summed E-state index contributed by atoms with van der Waals surface area (Å²) in [7, 11) is -3.70. The van der Waals surface area contributed by atoms with Gasteiger partial charge in [0.15, 0.2) is 6.10 Å². The molecule has 8 nitrogen and oxygen atoms in total. The fourth-order valence-electron chi connectivity index (χ4n) is 5.64. The molecule has 2 amide bonds. The lowest BCUT2D eigenvalue weighted by molar-refractivity contribution is -0.128. The number of carbonyl (C=O) groups is 2. The maximum atomic E-state index is 12.8. The van der Waals surface area contributed by atoms with Crippen LogP contribution in [0.15, 0.2) is 23.1 Å². The lowest BCUT2D eigenvalue weighted by Gasteiger charge is -2.29. The number of sulfonamides is 1. The van der Waals surface area contributed by atoms with Crippen LogP contribution in [-0.4, -0.2) is 49.8 Å². The highest BCUT2D eigenvalue weighted by Gasteiger charge is 2.42. The minimum atomic E-state index is -3.70. The molecule has 2 bridgehead atoms. The first-order chi connectivity index (χ1) is 15.2. The number of rotatable bonds is 8. The van der Waals surface area contributed by atoms with Crippen molar-refractivity contribution in [1.82, 2.24) is 9.62 Å². The van der Waals surface area contributed by atoms with Gasteiger partial charge in [0.25, 0.3) is 11.8 Å². The molecule has 1 heterocycles. The van der Waals surface area contributed by atoms with E-state index in [1.165, 1.54) is 48.2 Å². The number of nitrogens with one attached hydrogen (secondary N) is 1. The van der Waals surface area contributed by atoms with Gasteiger partial charge < -0.3 is 15.8 Å². The third kappa shape index (κ3) is 4.50. The van der Waals surface area contributed by atoms with Crippen molar-refractivity contribution in [1.29, 1.82) is 0 Å². The van der Waals surface area contributed by atoms with E-state index in [0.717, 1.165) is 18.8 Å². The normalized spacial score (nSPS) is 27.2. The van der Waals surface area contributed by atoms with Crippen LogP contribution < -0.4 is 15.8 Å². The van der Waals surface area contributed by atoms with Crippen molar-refractivity contribution < 1.29 is 22.7 Å². The Morgan fingerprint density at radius 3 is 2.47 bits per heavy atom. The average molecular weight is 464 g/mol. The zero-order chi connectivity index (χ0) is 23.0. The number of primary amides is 1. The summed E-state index contributed by atoms with van der Waals surface area (Å²) in [5.74, 6) is 1.03. The molecule has 9 heteroatoms. The molecule has 5 atom stereocenters. The summed E-state index contributed by atoms with van der Waals surface area (Å²) in [6.45, 7) is 4.58. The van der Waals surface area contributed by atoms with E-state index < -0.39 is 22.0 Å². The largest absolute Gasteiger partial charge is 0.480 e. The molecule has 176 valence electrons. The molecule has 4 rings (SSSR count). The molecule has 3 fully saturated rings. The zero-order valence-electron chi connectivity index (χ0n) is 18.7. The van der Waals surface area contributed by atoms with E-state index in [0.29, 0.717) is 24.9 Å².